The van der Waals surface area contributed by atoms with Crippen LogP contribution < -0.4 is 0 Å². The molecule has 3 nitrogen and oxygen atoms in total. The summed E-state index contributed by atoms with van der Waals surface area (Å²) in [6.07, 6.45) is 3.51. The maximum absolute atomic E-state index is 10.3. The molecule has 0 spiro atoms. The summed E-state index contributed by atoms with van der Waals surface area (Å²) in [7, 11) is 0. The summed E-state index contributed by atoms with van der Waals surface area (Å²) >= 11 is 1.62. The SMILES string of the molecule is CC(CC(=O)O)SCc1ccoc1. The summed E-state index contributed by atoms with van der Waals surface area (Å²) in [5, 5.41) is 8.65. The minimum Gasteiger partial charge on any atom is -0.481 e. The summed E-state index contributed by atoms with van der Waals surface area (Å²) in [5.74, 6) is 0.0671. The molecule has 0 aliphatic rings. The van der Waals surface area contributed by atoms with Crippen LogP contribution in [0.1, 0.15) is 18.9 Å². The third-order valence-corrected chi connectivity index (χ3v) is 2.81. The summed E-state index contributed by atoms with van der Waals surface area (Å²) < 4.78 is 4.90. The van der Waals surface area contributed by atoms with E-state index in [2.05, 4.69) is 0 Å². The van der Waals surface area contributed by atoms with Gasteiger partial charge in [-0.1, -0.05) is 6.92 Å². The predicted octanol–water partition coefficient (Wildman–Crippen LogP) is 2.38. The van der Waals surface area contributed by atoms with E-state index in [-0.39, 0.29) is 11.7 Å². The van der Waals surface area contributed by atoms with E-state index in [4.69, 9.17) is 9.52 Å². The highest BCUT2D eigenvalue weighted by Gasteiger charge is 2.08. The highest BCUT2D eigenvalue weighted by molar-refractivity contribution is 7.99. The number of rotatable bonds is 5. The third-order valence-electron chi connectivity index (χ3n) is 1.58. The molecule has 1 rings (SSSR count). The van der Waals surface area contributed by atoms with E-state index in [1.165, 1.54) is 0 Å². The van der Waals surface area contributed by atoms with E-state index in [0.717, 1.165) is 11.3 Å². The Morgan fingerprint density at radius 3 is 3.08 bits per heavy atom. The van der Waals surface area contributed by atoms with Gasteiger partial charge in [-0.25, -0.2) is 0 Å². The summed E-state index contributed by atoms with van der Waals surface area (Å²) in [4.78, 5) is 10.3. The van der Waals surface area contributed by atoms with Crippen LogP contribution in [0.15, 0.2) is 23.0 Å². The van der Waals surface area contributed by atoms with Crippen molar-refractivity contribution in [2.45, 2.75) is 24.3 Å². The Bertz CT molecular complexity index is 256. The van der Waals surface area contributed by atoms with Gasteiger partial charge >= 0.3 is 5.97 Å². The van der Waals surface area contributed by atoms with Crippen molar-refractivity contribution in [2.24, 2.45) is 0 Å². The van der Waals surface area contributed by atoms with Crippen LogP contribution in [0.3, 0.4) is 0 Å². The topological polar surface area (TPSA) is 50.4 Å². The molecule has 0 aliphatic heterocycles. The van der Waals surface area contributed by atoms with Crippen LogP contribution >= 0.6 is 11.8 Å². The Morgan fingerprint density at radius 1 is 1.77 bits per heavy atom. The summed E-state index contributed by atoms with van der Waals surface area (Å²) in [6.45, 7) is 1.92. The van der Waals surface area contributed by atoms with Gasteiger partial charge in [-0.2, -0.15) is 11.8 Å². The third kappa shape index (κ3) is 4.03. The first-order valence-electron chi connectivity index (χ1n) is 4.03. The van der Waals surface area contributed by atoms with E-state index in [1.54, 1.807) is 24.3 Å². The molecule has 0 aromatic carbocycles. The molecule has 1 heterocycles. The molecule has 4 heteroatoms. The number of carboxylic acids is 1. The first kappa shape index (κ1) is 10.2. The lowest BCUT2D eigenvalue weighted by Crippen LogP contribution is -2.05. The van der Waals surface area contributed by atoms with Crippen LogP contribution in [-0.4, -0.2) is 16.3 Å². The average Bonchev–Trinajstić information content (AvgIpc) is 2.51. The van der Waals surface area contributed by atoms with Crippen molar-refractivity contribution in [1.82, 2.24) is 0 Å². The highest BCUT2D eigenvalue weighted by atomic mass is 32.2. The van der Waals surface area contributed by atoms with Gasteiger partial charge in [-0.15, -0.1) is 0 Å². The second-order valence-electron chi connectivity index (χ2n) is 2.85. The maximum atomic E-state index is 10.3. The van der Waals surface area contributed by atoms with Gasteiger partial charge in [-0.3, -0.25) is 4.79 Å². The Labute approximate surface area is 81.1 Å². The van der Waals surface area contributed by atoms with E-state index in [9.17, 15) is 4.79 Å². The normalized spacial score (nSPS) is 12.7. The van der Waals surface area contributed by atoms with Crippen LogP contribution in [0.4, 0.5) is 0 Å². The van der Waals surface area contributed by atoms with Gasteiger partial charge in [0, 0.05) is 16.6 Å². The van der Waals surface area contributed by atoms with Crippen molar-refractivity contribution in [2.75, 3.05) is 0 Å². The highest BCUT2D eigenvalue weighted by Crippen LogP contribution is 2.19. The van der Waals surface area contributed by atoms with Crippen molar-refractivity contribution < 1.29 is 14.3 Å². The fraction of sp³-hybridized carbons (Fsp3) is 0.444. The van der Waals surface area contributed by atoms with E-state index in [1.807, 2.05) is 13.0 Å². The molecular weight excluding hydrogens is 188 g/mol. The van der Waals surface area contributed by atoms with Crippen LogP contribution in [0.5, 0.6) is 0 Å². The van der Waals surface area contributed by atoms with Crippen LogP contribution in [0.2, 0.25) is 0 Å². The van der Waals surface area contributed by atoms with Gasteiger partial charge < -0.3 is 9.52 Å². The number of carbonyl (C=O) groups is 1. The quantitative estimate of drug-likeness (QED) is 0.792. The maximum Gasteiger partial charge on any atom is 0.304 e. The molecule has 0 saturated heterocycles. The van der Waals surface area contributed by atoms with Gasteiger partial charge in [0.15, 0.2) is 0 Å². The fourth-order valence-electron chi connectivity index (χ4n) is 0.918. The van der Waals surface area contributed by atoms with E-state index in [0.29, 0.717) is 0 Å². The molecule has 13 heavy (non-hydrogen) atoms. The molecule has 0 aliphatic carbocycles. The van der Waals surface area contributed by atoms with Gasteiger partial charge in [0.2, 0.25) is 0 Å². The molecule has 1 unspecified atom stereocenters. The van der Waals surface area contributed by atoms with Crippen molar-refractivity contribution in [3.05, 3.63) is 24.2 Å². The van der Waals surface area contributed by atoms with Crippen LogP contribution in [0.25, 0.3) is 0 Å². The average molecular weight is 200 g/mol. The lowest BCUT2D eigenvalue weighted by Gasteiger charge is -2.06. The molecule has 0 amide bonds. The number of thioether (sulfide) groups is 1. The van der Waals surface area contributed by atoms with Gasteiger partial charge in [0.05, 0.1) is 18.9 Å². The van der Waals surface area contributed by atoms with Crippen molar-refractivity contribution in [3.8, 4) is 0 Å². The molecule has 0 radical (unpaired) electrons. The Kier molecular flexibility index (Phi) is 3.89. The van der Waals surface area contributed by atoms with Gasteiger partial charge in [0.1, 0.15) is 0 Å². The minimum atomic E-state index is -0.743. The first-order chi connectivity index (χ1) is 6.18. The molecular formula is C9H12O3S. The molecule has 0 bridgehead atoms. The van der Waals surface area contributed by atoms with Crippen LogP contribution in [-0.2, 0) is 10.5 Å². The zero-order valence-electron chi connectivity index (χ0n) is 7.40. The molecule has 0 saturated carbocycles. The Balaban J connectivity index is 2.22. The van der Waals surface area contributed by atoms with E-state index >= 15 is 0 Å². The monoisotopic (exact) mass is 200 g/mol. The van der Waals surface area contributed by atoms with Crippen LogP contribution in [0, 0.1) is 0 Å². The lowest BCUT2D eigenvalue weighted by atomic mass is 10.3. The second kappa shape index (κ2) is 4.97. The number of hydrogen-bond donors (Lipinski definition) is 1. The van der Waals surface area contributed by atoms with Gasteiger partial charge in [-0.05, 0) is 6.07 Å². The molecule has 1 atom stereocenters. The zero-order chi connectivity index (χ0) is 9.68. The largest absolute Gasteiger partial charge is 0.481 e. The van der Waals surface area contributed by atoms with Crippen molar-refractivity contribution in [1.29, 1.82) is 0 Å². The Hall–Kier alpha value is -0.900. The second-order valence-corrected chi connectivity index (χ2v) is 4.28. The molecule has 1 aromatic heterocycles. The molecule has 1 N–H and O–H groups in total. The van der Waals surface area contributed by atoms with Crippen molar-refractivity contribution in [3.63, 3.8) is 0 Å². The predicted molar refractivity (Wildman–Crippen MR) is 51.7 cm³/mol. The Morgan fingerprint density at radius 2 is 2.54 bits per heavy atom. The lowest BCUT2D eigenvalue weighted by molar-refractivity contribution is -0.136. The zero-order valence-corrected chi connectivity index (χ0v) is 8.21. The molecule has 0 fully saturated rings. The number of hydrogen-bond acceptors (Lipinski definition) is 3. The summed E-state index contributed by atoms with van der Waals surface area (Å²) in [5.41, 5.74) is 1.10. The molecule has 1 aromatic rings. The number of furan rings is 1. The minimum absolute atomic E-state index is 0.146. The standard InChI is InChI=1S/C9H12O3S/c1-7(4-9(10)11)13-6-8-2-3-12-5-8/h2-3,5,7H,4,6H2,1H3,(H,10,11). The number of aliphatic carboxylic acids is 1. The summed E-state index contributed by atoms with van der Waals surface area (Å²) in [6, 6.07) is 1.89. The number of carboxylic acid groups (broad SMARTS) is 1. The molecule has 72 valence electrons. The first-order valence-corrected chi connectivity index (χ1v) is 5.08. The smallest absolute Gasteiger partial charge is 0.304 e. The van der Waals surface area contributed by atoms with E-state index < -0.39 is 5.97 Å². The fourth-order valence-corrected chi connectivity index (χ4v) is 1.82. The van der Waals surface area contributed by atoms with Crippen molar-refractivity contribution >= 4 is 17.7 Å². The van der Waals surface area contributed by atoms with Gasteiger partial charge in [0.25, 0.3) is 0 Å².